The van der Waals surface area contributed by atoms with Crippen LogP contribution < -0.4 is 10.5 Å². The summed E-state index contributed by atoms with van der Waals surface area (Å²) in [6.45, 7) is 1.65. The predicted octanol–water partition coefficient (Wildman–Crippen LogP) is 4.30. The van der Waals surface area contributed by atoms with Crippen LogP contribution in [0.3, 0.4) is 0 Å². The highest BCUT2D eigenvalue weighted by Crippen LogP contribution is 2.24. The molecule has 0 saturated heterocycles. The summed E-state index contributed by atoms with van der Waals surface area (Å²) in [6, 6.07) is 13.0. The molecule has 6 heteroatoms. The first-order chi connectivity index (χ1) is 11.0. The quantitative estimate of drug-likeness (QED) is 0.633. The number of rotatable bonds is 5. The van der Waals surface area contributed by atoms with Crippen molar-refractivity contribution in [2.24, 2.45) is 5.73 Å². The van der Waals surface area contributed by atoms with Crippen LogP contribution >= 0.6 is 11.6 Å². The van der Waals surface area contributed by atoms with Gasteiger partial charge in [-0.1, -0.05) is 35.9 Å². The monoisotopic (exact) mass is 332 g/mol. The van der Waals surface area contributed by atoms with Crippen molar-refractivity contribution in [1.29, 1.82) is 0 Å². The molecular formula is C17H17ClN2O3. The van der Waals surface area contributed by atoms with Crippen LogP contribution in [0, 0.1) is 0 Å². The van der Waals surface area contributed by atoms with Gasteiger partial charge in [0.2, 0.25) is 0 Å². The van der Waals surface area contributed by atoms with Gasteiger partial charge in [-0.25, -0.2) is 4.79 Å². The van der Waals surface area contributed by atoms with Gasteiger partial charge in [0.1, 0.15) is 11.5 Å². The third kappa shape index (κ3) is 5.02. The van der Waals surface area contributed by atoms with E-state index in [1.165, 1.54) is 0 Å². The number of urea groups is 1. The lowest BCUT2D eigenvalue weighted by molar-refractivity contribution is -0.0560. The van der Waals surface area contributed by atoms with Crippen molar-refractivity contribution in [2.75, 3.05) is 0 Å². The molecule has 0 bridgehead atoms. The molecule has 2 amide bonds. The van der Waals surface area contributed by atoms with Gasteiger partial charge in [-0.2, -0.15) is 5.06 Å². The van der Waals surface area contributed by atoms with Crippen molar-refractivity contribution in [3.63, 3.8) is 0 Å². The molecule has 3 N–H and O–H groups in total. The van der Waals surface area contributed by atoms with Crippen LogP contribution in [0.25, 0.3) is 6.08 Å². The van der Waals surface area contributed by atoms with E-state index in [-0.39, 0.29) is 0 Å². The van der Waals surface area contributed by atoms with Gasteiger partial charge in [0.25, 0.3) is 0 Å². The second kappa shape index (κ2) is 7.67. The van der Waals surface area contributed by atoms with Crippen molar-refractivity contribution >= 4 is 23.7 Å². The molecule has 0 aromatic heterocycles. The summed E-state index contributed by atoms with van der Waals surface area (Å²) in [4.78, 5) is 10.9. The summed E-state index contributed by atoms with van der Waals surface area (Å²) in [6.07, 6.45) is 3.43. The summed E-state index contributed by atoms with van der Waals surface area (Å²) in [5.74, 6) is 1.34. The highest BCUT2D eigenvalue weighted by Gasteiger charge is 2.11. The van der Waals surface area contributed by atoms with Crippen molar-refractivity contribution in [3.05, 3.63) is 65.2 Å². The maximum absolute atomic E-state index is 10.9. The Bertz CT molecular complexity index is 701. The standard InChI is InChI=1S/C17H17ClN2O3/c1-12(20(22)17(19)21)5-6-13-3-2-4-16(11-13)23-15-9-7-14(18)8-10-15/h2-12,22H,1H3,(H2,19,21)/t12-/m0/s1. The maximum atomic E-state index is 10.9. The van der Waals surface area contributed by atoms with Crippen molar-refractivity contribution in [3.8, 4) is 11.5 Å². The van der Waals surface area contributed by atoms with Crippen LogP contribution in [0.5, 0.6) is 11.5 Å². The Kier molecular flexibility index (Phi) is 5.62. The van der Waals surface area contributed by atoms with Crippen molar-refractivity contribution in [1.82, 2.24) is 5.06 Å². The molecule has 0 heterocycles. The molecule has 0 aliphatic heterocycles. The molecule has 0 aliphatic carbocycles. The molecule has 2 rings (SSSR count). The summed E-state index contributed by atoms with van der Waals surface area (Å²) in [5.41, 5.74) is 5.86. The third-order valence-electron chi connectivity index (χ3n) is 3.09. The van der Waals surface area contributed by atoms with E-state index in [9.17, 15) is 10.0 Å². The molecule has 1 atom stereocenters. The number of primary amides is 1. The first-order valence-corrected chi connectivity index (χ1v) is 7.33. The van der Waals surface area contributed by atoms with Gasteiger partial charge in [0, 0.05) is 5.02 Å². The number of benzene rings is 2. The zero-order valence-corrected chi connectivity index (χ0v) is 13.3. The number of hydroxylamine groups is 2. The zero-order valence-electron chi connectivity index (χ0n) is 12.5. The van der Waals surface area contributed by atoms with Gasteiger partial charge in [-0.15, -0.1) is 0 Å². The van der Waals surface area contributed by atoms with E-state index in [2.05, 4.69) is 0 Å². The number of carbonyl (C=O) groups excluding carboxylic acids is 1. The van der Waals surface area contributed by atoms with Crippen LogP contribution in [0.4, 0.5) is 4.79 Å². The lowest BCUT2D eigenvalue weighted by Crippen LogP contribution is -2.38. The summed E-state index contributed by atoms with van der Waals surface area (Å²) < 4.78 is 5.74. The number of carbonyl (C=O) groups is 1. The molecule has 0 spiro atoms. The summed E-state index contributed by atoms with van der Waals surface area (Å²) in [7, 11) is 0. The number of ether oxygens (including phenoxy) is 1. The SMILES string of the molecule is C[C@@H](C=Cc1cccc(Oc2ccc(Cl)cc2)c1)N(O)C(N)=O. The number of amides is 2. The number of halogens is 1. The van der Waals surface area contributed by atoms with E-state index in [0.29, 0.717) is 21.6 Å². The maximum Gasteiger partial charge on any atom is 0.339 e. The van der Waals surface area contributed by atoms with Gasteiger partial charge in [-0.3, -0.25) is 5.21 Å². The smallest absolute Gasteiger partial charge is 0.339 e. The van der Waals surface area contributed by atoms with Crippen LogP contribution in [-0.2, 0) is 0 Å². The second-order valence-electron chi connectivity index (χ2n) is 4.91. The normalized spacial score (nSPS) is 12.1. The second-order valence-corrected chi connectivity index (χ2v) is 5.35. The minimum atomic E-state index is -0.901. The first-order valence-electron chi connectivity index (χ1n) is 6.95. The fourth-order valence-corrected chi connectivity index (χ4v) is 1.98. The Labute approximate surface area is 139 Å². The fourth-order valence-electron chi connectivity index (χ4n) is 1.85. The molecule has 0 radical (unpaired) electrons. The highest BCUT2D eigenvalue weighted by molar-refractivity contribution is 6.30. The molecule has 0 fully saturated rings. The van der Waals surface area contributed by atoms with Crippen LogP contribution in [0.2, 0.25) is 5.02 Å². The Morgan fingerprint density at radius 3 is 2.61 bits per heavy atom. The average molecular weight is 333 g/mol. The van der Waals surface area contributed by atoms with E-state index < -0.39 is 12.1 Å². The van der Waals surface area contributed by atoms with E-state index in [4.69, 9.17) is 22.1 Å². The Morgan fingerprint density at radius 2 is 1.96 bits per heavy atom. The Balaban J connectivity index is 2.07. The topological polar surface area (TPSA) is 75.8 Å². The molecule has 2 aromatic rings. The zero-order chi connectivity index (χ0) is 16.8. The van der Waals surface area contributed by atoms with Gasteiger partial charge >= 0.3 is 6.03 Å². The van der Waals surface area contributed by atoms with Crippen LogP contribution in [-0.4, -0.2) is 22.3 Å². The molecule has 0 aliphatic rings. The molecule has 0 saturated carbocycles. The van der Waals surface area contributed by atoms with Gasteiger partial charge < -0.3 is 10.5 Å². The average Bonchev–Trinajstić information content (AvgIpc) is 2.54. The number of nitrogens with two attached hydrogens (primary N) is 1. The van der Waals surface area contributed by atoms with Gasteiger partial charge in [0.15, 0.2) is 0 Å². The lowest BCUT2D eigenvalue weighted by Gasteiger charge is -2.16. The van der Waals surface area contributed by atoms with E-state index in [1.54, 1.807) is 43.3 Å². The van der Waals surface area contributed by atoms with Crippen LogP contribution in [0.15, 0.2) is 54.6 Å². The van der Waals surface area contributed by atoms with E-state index in [0.717, 1.165) is 5.56 Å². The highest BCUT2D eigenvalue weighted by atomic mass is 35.5. The minimum Gasteiger partial charge on any atom is -0.457 e. The third-order valence-corrected chi connectivity index (χ3v) is 3.34. The molecule has 120 valence electrons. The first kappa shape index (κ1) is 16.9. The van der Waals surface area contributed by atoms with E-state index >= 15 is 0 Å². The molecule has 23 heavy (non-hydrogen) atoms. The number of hydrogen-bond donors (Lipinski definition) is 2. The largest absolute Gasteiger partial charge is 0.457 e. The lowest BCUT2D eigenvalue weighted by atomic mass is 10.1. The van der Waals surface area contributed by atoms with E-state index in [1.807, 2.05) is 24.3 Å². The predicted molar refractivity (Wildman–Crippen MR) is 89.7 cm³/mol. The molecule has 2 aromatic carbocycles. The minimum absolute atomic E-state index is 0.463. The molecular weight excluding hydrogens is 316 g/mol. The van der Waals surface area contributed by atoms with Crippen molar-refractivity contribution in [2.45, 2.75) is 13.0 Å². The summed E-state index contributed by atoms with van der Waals surface area (Å²) in [5, 5.41) is 10.5. The fraction of sp³-hybridized carbons (Fsp3) is 0.118. The van der Waals surface area contributed by atoms with Gasteiger partial charge in [-0.05, 0) is 48.9 Å². The van der Waals surface area contributed by atoms with Crippen LogP contribution in [0.1, 0.15) is 12.5 Å². The Hall–Kier alpha value is -2.50. The molecule has 5 nitrogen and oxygen atoms in total. The molecule has 0 unspecified atom stereocenters. The van der Waals surface area contributed by atoms with Crippen molar-refractivity contribution < 1.29 is 14.7 Å². The Morgan fingerprint density at radius 1 is 1.26 bits per heavy atom. The number of hydrogen-bond acceptors (Lipinski definition) is 3. The number of nitrogens with zero attached hydrogens (tertiary/aromatic N) is 1. The summed E-state index contributed by atoms with van der Waals surface area (Å²) >= 11 is 5.84. The van der Waals surface area contributed by atoms with Gasteiger partial charge in [0.05, 0.1) is 6.04 Å².